The summed E-state index contributed by atoms with van der Waals surface area (Å²) < 4.78 is 0. The molecule has 1 aliphatic rings. The van der Waals surface area contributed by atoms with Crippen LogP contribution in [-0.4, -0.2) is 33.2 Å². The topological polar surface area (TPSA) is 77.3 Å². The molecule has 3 rings (SSSR count). The van der Waals surface area contributed by atoms with Crippen molar-refractivity contribution in [1.82, 2.24) is 9.88 Å². The van der Waals surface area contributed by atoms with Gasteiger partial charge in [-0.15, -0.1) is 17.0 Å². The van der Waals surface area contributed by atoms with Gasteiger partial charge in [0.05, 0.1) is 12.6 Å². The zero-order valence-electron chi connectivity index (χ0n) is 21.2. The Morgan fingerprint density at radius 2 is 1.64 bits per heavy atom. The Bertz CT molecular complexity index is 1030. The normalized spacial score (nSPS) is 15.9. The van der Waals surface area contributed by atoms with Crippen LogP contribution in [0, 0.1) is 12.3 Å². The molecule has 1 aromatic carbocycles. The molecule has 0 fully saturated rings. The lowest BCUT2D eigenvalue weighted by Gasteiger charge is -2.29. The molecule has 5 nitrogen and oxygen atoms in total. The second-order valence-corrected chi connectivity index (χ2v) is 11.0. The van der Waals surface area contributed by atoms with Crippen LogP contribution in [0.15, 0.2) is 24.3 Å². The summed E-state index contributed by atoms with van der Waals surface area (Å²) in [6, 6.07) is 7.67. The van der Waals surface area contributed by atoms with Crippen molar-refractivity contribution in [2.75, 3.05) is 6.54 Å². The number of fused-ring (bicyclic) bond motifs is 1. The number of Topliss-reactive ketones (excluding diaryl/α,β-unsaturated/α-hetero) is 1. The van der Waals surface area contributed by atoms with Gasteiger partial charge in [0.15, 0.2) is 5.78 Å². The maximum absolute atomic E-state index is 13.5. The molecule has 0 bridgehead atoms. The van der Waals surface area contributed by atoms with E-state index in [1.807, 2.05) is 77.6 Å². The van der Waals surface area contributed by atoms with Crippen molar-refractivity contribution in [2.45, 2.75) is 85.1 Å². The van der Waals surface area contributed by atoms with Crippen LogP contribution < -0.4 is 0 Å². The number of hydrogen-bond donors (Lipinski definition) is 2. The predicted molar refractivity (Wildman–Crippen MR) is 140 cm³/mol. The molecule has 1 aromatic heterocycles. The van der Waals surface area contributed by atoms with Crippen molar-refractivity contribution in [2.24, 2.45) is 0 Å². The Morgan fingerprint density at radius 3 is 2.12 bits per heavy atom. The van der Waals surface area contributed by atoms with E-state index in [1.54, 1.807) is 0 Å². The highest BCUT2D eigenvalue weighted by atomic mass is 79.9. The average molecular weight is 517 g/mol. The fourth-order valence-corrected chi connectivity index (χ4v) is 4.44. The monoisotopic (exact) mass is 515 g/mol. The number of phenolic OH excluding ortho intramolecular Hbond substituents is 1. The molecule has 33 heavy (non-hydrogen) atoms. The van der Waals surface area contributed by atoms with Crippen molar-refractivity contribution in [3.8, 4) is 5.75 Å². The first kappa shape index (κ1) is 27.0. The minimum atomic E-state index is -0.302. The molecule has 6 heteroatoms. The van der Waals surface area contributed by atoms with E-state index >= 15 is 0 Å². The molecule has 0 saturated heterocycles. The van der Waals surface area contributed by atoms with Crippen LogP contribution in [0.25, 0.3) is 0 Å². The fourth-order valence-electron chi connectivity index (χ4n) is 4.44. The number of benzene rings is 1. The van der Waals surface area contributed by atoms with E-state index in [0.29, 0.717) is 17.1 Å². The van der Waals surface area contributed by atoms with Gasteiger partial charge >= 0.3 is 0 Å². The smallest absolute Gasteiger partial charge is 0.182 e. The zero-order chi connectivity index (χ0) is 24.0. The quantitative estimate of drug-likeness (QED) is 0.437. The van der Waals surface area contributed by atoms with Crippen LogP contribution in [0.4, 0.5) is 0 Å². The van der Waals surface area contributed by atoms with Crippen molar-refractivity contribution in [3.05, 3.63) is 57.9 Å². The maximum atomic E-state index is 13.5. The predicted octanol–water partition coefficient (Wildman–Crippen LogP) is 6.63. The summed E-state index contributed by atoms with van der Waals surface area (Å²) in [5, 5.41) is 19.7. The number of halogens is 1. The fraction of sp³-hybridized carbons (Fsp3) is 0.519. The average Bonchev–Trinajstić information content (AvgIpc) is 2.92. The summed E-state index contributed by atoms with van der Waals surface area (Å²) in [6.07, 6.45) is 1.82. The largest absolute Gasteiger partial charge is 0.507 e. The zero-order valence-corrected chi connectivity index (χ0v) is 22.9. The molecule has 0 saturated carbocycles. The molecule has 0 radical (unpaired) electrons. The number of nitrogens with zero attached hydrogens (tertiary/aromatic N) is 2. The van der Waals surface area contributed by atoms with Gasteiger partial charge < -0.3 is 10.0 Å². The first-order valence-electron chi connectivity index (χ1n) is 11.5. The highest BCUT2D eigenvalue weighted by molar-refractivity contribution is 8.93. The van der Waals surface area contributed by atoms with Gasteiger partial charge in [-0.2, -0.15) is 0 Å². The number of rotatable bonds is 5. The SMILES string of the molecule is Br.CCCC1c2ccc(C)nc2C(=N)N1CC(=O)c1cc(C(C)(C)C)c(O)c(C(C)(C)C)c1. The number of ketones is 1. The number of carbonyl (C=O) groups is 1. The van der Waals surface area contributed by atoms with Crippen molar-refractivity contribution >= 4 is 28.6 Å². The summed E-state index contributed by atoms with van der Waals surface area (Å²) in [4.78, 5) is 20.0. The number of carbonyl (C=O) groups excluding carboxylic acids is 1. The van der Waals surface area contributed by atoms with Crippen molar-refractivity contribution in [1.29, 1.82) is 5.41 Å². The van der Waals surface area contributed by atoms with Crippen LogP contribution in [0.5, 0.6) is 5.75 Å². The Labute approximate surface area is 208 Å². The van der Waals surface area contributed by atoms with E-state index < -0.39 is 0 Å². The molecule has 0 amide bonds. The second kappa shape index (κ2) is 9.57. The van der Waals surface area contributed by atoms with Gasteiger partial charge in [0.25, 0.3) is 0 Å². The molecule has 2 heterocycles. The summed E-state index contributed by atoms with van der Waals surface area (Å²) in [5.41, 5.74) is 4.12. The third-order valence-electron chi connectivity index (χ3n) is 6.24. The Morgan fingerprint density at radius 1 is 1.09 bits per heavy atom. The van der Waals surface area contributed by atoms with E-state index in [1.165, 1.54) is 0 Å². The minimum Gasteiger partial charge on any atom is -0.507 e. The van der Waals surface area contributed by atoms with Crippen LogP contribution >= 0.6 is 17.0 Å². The van der Waals surface area contributed by atoms with E-state index in [9.17, 15) is 9.90 Å². The van der Waals surface area contributed by atoms with Gasteiger partial charge in [-0.05, 0) is 42.4 Å². The molecule has 0 spiro atoms. The van der Waals surface area contributed by atoms with Crippen LogP contribution in [-0.2, 0) is 10.8 Å². The number of hydrogen-bond acceptors (Lipinski definition) is 4. The number of aromatic hydroxyl groups is 1. The Kier molecular flexibility index (Phi) is 7.84. The summed E-state index contributed by atoms with van der Waals surface area (Å²) in [6.45, 7) is 16.4. The summed E-state index contributed by atoms with van der Waals surface area (Å²) in [5.74, 6) is 0.546. The highest BCUT2D eigenvalue weighted by Crippen LogP contribution is 2.40. The van der Waals surface area contributed by atoms with E-state index in [0.717, 1.165) is 35.2 Å². The van der Waals surface area contributed by atoms with Gasteiger partial charge in [-0.25, -0.2) is 4.98 Å². The molecule has 2 aromatic rings. The van der Waals surface area contributed by atoms with Gasteiger partial charge in [0.2, 0.25) is 0 Å². The maximum Gasteiger partial charge on any atom is 0.182 e. The molecule has 1 unspecified atom stereocenters. The Hall–Kier alpha value is -2.21. The van der Waals surface area contributed by atoms with E-state index in [2.05, 4.69) is 11.9 Å². The molecule has 2 N–H and O–H groups in total. The number of phenols is 1. The first-order chi connectivity index (χ1) is 14.8. The van der Waals surface area contributed by atoms with Crippen LogP contribution in [0.2, 0.25) is 0 Å². The molecular formula is C27H38BrN3O2. The lowest BCUT2D eigenvalue weighted by molar-refractivity contribution is 0.0947. The molecule has 1 atom stereocenters. The summed E-state index contributed by atoms with van der Waals surface area (Å²) >= 11 is 0. The standard InChI is InChI=1S/C27H37N3O2.BrH/c1-9-10-21-18-12-11-16(2)29-23(18)25(28)30(21)15-22(31)17-13-19(26(3,4)5)24(32)20(14-17)27(6,7)8;/h11-14,21,28,32H,9-10,15H2,1-8H3;1H. The number of nitrogens with one attached hydrogen (secondary N) is 1. The highest BCUT2D eigenvalue weighted by Gasteiger charge is 2.36. The second-order valence-electron chi connectivity index (χ2n) is 11.0. The van der Waals surface area contributed by atoms with E-state index in [4.69, 9.17) is 5.41 Å². The minimum absolute atomic E-state index is 0. The van der Waals surface area contributed by atoms with Crippen LogP contribution in [0.3, 0.4) is 0 Å². The molecule has 0 aliphatic carbocycles. The summed E-state index contributed by atoms with van der Waals surface area (Å²) in [7, 11) is 0. The third-order valence-corrected chi connectivity index (χ3v) is 6.24. The number of pyridine rings is 1. The van der Waals surface area contributed by atoms with Gasteiger partial charge in [0.1, 0.15) is 17.3 Å². The lowest BCUT2D eigenvalue weighted by Crippen LogP contribution is -2.34. The van der Waals surface area contributed by atoms with Crippen LogP contribution in [0.1, 0.15) is 106 Å². The molecular weight excluding hydrogens is 478 g/mol. The van der Waals surface area contributed by atoms with E-state index in [-0.39, 0.29) is 51.9 Å². The number of aromatic nitrogens is 1. The van der Waals surface area contributed by atoms with Crippen molar-refractivity contribution in [3.63, 3.8) is 0 Å². The molecule has 1 aliphatic heterocycles. The third kappa shape index (κ3) is 5.32. The Balaban J connectivity index is 0.00000385. The van der Waals surface area contributed by atoms with Crippen molar-refractivity contribution < 1.29 is 9.90 Å². The van der Waals surface area contributed by atoms with Gasteiger partial charge in [-0.3, -0.25) is 10.2 Å². The molecule has 180 valence electrons. The number of aryl methyl sites for hydroxylation is 1. The lowest BCUT2D eigenvalue weighted by atomic mass is 9.78. The van der Waals surface area contributed by atoms with Gasteiger partial charge in [0, 0.05) is 27.9 Å². The number of amidine groups is 1. The van der Waals surface area contributed by atoms with Gasteiger partial charge in [-0.1, -0.05) is 61.0 Å². The first-order valence-corrected chi connectivity index (χ1v) is 11.5.